The predicted octanol–water partition coefficient (Wildman–Crippen LogP) is 1.44. The number of alkyl carbamates (subject to hydrolysis) is 1. The Balaban J connectivity index is 2.48. The number of hydrogen-bond acceptors (Lipinski definition) is 4. The van der Waals surface area contributed by atoms with E-state index in [4.69, 9.17) is 11.9 Å². The lowest BCUT2D eigenvalue weighted by Gasteiger charge is -2.22. The van der Waals surface area contributed by atoms with Crippen LogP contribution in [0.2, 0.25) is 1.41 Å². The number of ether oxygens (including phenoxy) is 1. The summed E-state index contributed by atoms with van der Waals surface area (Å²) in [5, 5.41) is 10.6. The van der Waals surface area contributed by atoms with E-state index in [1.54, 1.807) is 20.8 Å². The molecule has 1 rings (SSSR count). The molecule has 5 nitrogen and oxygen atoms in total. The smallest absolute Gasteiger partial charge is 0.407 e. The molecule has 0 aliphatic heterocycles. The van der Waals surface area contributed by atoms with Gasteiger partial charge in [-0.05, 0) is 32.8 Å². The van der Waals surface area contributed by atoms with Gasteiger partial charge in [0.25, 0.3) is 0 Å². The molecule has 0 fully saturated rings. The number of carbonyl (C=O) groups excluding carboxylic acids is 1. The monoisotopic (exact) mass is 281 g/mol. The zero-order valence-electron chi connectivity index (χ0n) is 13.2. The molecule has 112 valence electrons. The lowest BCUT2D eigenvalue weighted by molar-refractivity contribution is 0.0480. The van der Waals surface area contributed by atoms with Crippen LogP contribution in [0.15, 0.2) is 30.3 Å². The molecular weight excluding hydrogens is 256 g/mol. The Labute approximate surface area is 121 Å². The first-order valence-corrected chi connectivity index (χ1v) is 6.66. The molecule has 1 amide bonds. The summed E-state index contributed by atoms with van der Waals surface area (Å²) < 4.78 is 12.7. The summed E-state index contributed by atoms with van der Waals surface area (Å²) in [5.41, 5.74) is 6.24. The molecule has 1 aromatic rings. The van der Waals surface area contributed by atoms with E-state index in [0.717, 1.165) is 5.56 Å². The van der Waals surface area contributed by atoms with Crippen LogP contribution in [0.25, 0.3) is 0 Å². The van der Waals surface area contributed by atoms with Gasteiger partial charge in [0.2, 0.25) is 0 Å². The number of hydrogen-bond donors (Lipinski definition) is 3. The third-order valence-electron chi connectivity index (χ3n) is 2.61. The van der Waals surface area contributed by atoms with E-state index in [1.807, 2.05) is 30.3 Å². The minimum atomic E-state index is -0.991. The number of benzene rings is 1. The van der Waals surface area contributed by atoms with E-state index in [-0.39, 0.29) is 6.54 Å². The summed E-state index contributed by atoms with van der Waals surface area (Å²) in [7, 11) is 0. The fourth-order valence-corrected chi connectivity index (χ4v) is 1.62. The maximum absolute atomic E-state index is 11.6. The number of nitrogens with one attached hydrogen (secondary N) is 1. The van der Waals surface area contributed by atoms with Gasteiger partial charge in [0.1, 0.15) is 5.60 Å². The summed E-state index contributed by atoms with van der Waals surface area (Å²) in [6, 6.07) is 8.97. The number of rotatable bonds is 5. The molecule has 0 saturated heterocycles. The van der Waals surface area contributed by atoms with Gasteiger partial charge >= 0.3 is 6.09 Å². The van der Waals surface area contributed by atoms with Crippen LogP contribution < -0.4 is 11.0 Å². The third kappa shape index (κ3) is 6.54. The second-order valence-corrected chi connectivity index (χ2v) is 5.74. The number of carbonyl (C=O) groups is 1. The summed E-state index contributed by atoms with van der Waals surface area (Å²) in [6.07, 6.45) is -1.31. The standard InChI is InChI=1S/C15H24N2O3/c1-15(2,3)20-14(19)17-10-13(18)12(16)9-11-7-5-4-6-8-11/h4-8,12-13,18H,9-10,16H2,1-3H3,(H,17,19)/t12-,13?/m0/s1/i/hD. The Morgan fingerprint density at radius 3 is 2.60 bits per heavy atom. The minimum Gasteiger partial charge on any atom is -0.444 e. The molecule has 2 atom stereocenters. The largest absolute Gasteiger partial charge is 0.444 e. The highest BCUT2D eigenvalue weighted by Crippen LogP contribution is 2.07. The molecular formula is C15H24N2O3. The zero-order valence-corrected chi connectivity index (χ0v) is 12.2. The zero-order chi connectivity index (χ0) is 16.0. The highest BCUT2D eigenvalue weighted by atomic mass is 16.6. The molecule has 0 radical (unpaired) electrons. The van der Waals surface area contributed by atoms with Gasteiger partial charge in [0.15, 0.2) is 1.41 Å². The van der Waals surface area contributed by atoms with Crippen molar-refractivity contribution in [2.75, 3.05) is 6.54 Å². The van der Waals surface area contributed by atoms with Crippen LogP contribution in [0.5, 0.6) is 0 Å². The van der Waals surface area contributed by atoms with Crippen molar-refractivity contribution in [3.63, 3.8) is 0 Å². The van der Waals surface area contributed by atoms with Crippen LogP contribution >= 0.6 is 0 Å². The summed E-state index contributed by atoms with van der Waals surface area (Å²) in [6.45, 7) is 4.96. The van der Waals surface area contributed by atoms with Crippen molar-refractivity contribution in [1.82, 2.24) is 5.31 Å². The first-order valence-electron chi connectivity index (χ1n) is 7.11. The Kier molecular flexibility index (Phi) is 5.38. The molecule has 0 aliphatic rings. The fraction of sp³-hybridized carbons (Fsp3) is 0.533. The van der Waals surface area contributed by atoms with E-state index in [0.29, 0.717) is 11.7 Å². The van der Waals surface area contributed by atoms with E-state index in [2.05, 4.69) is 0 Å². The Bertz CT molecular complexity index is 448. The molecule has 1 unspecified atom stereocenters. The molecule has 4 N–H and O–H groups in total. The second-order valence-electron chi connectivity index (χ2n) is 5.74. The van der Waals surface area contributed by atoms with Crippen molar-refractivity contribution in [2.45, 2.75) is 44.9 Å². The average Bonchev–Trinajstić information content (AvgIpc) is 2.37. The van der Waals surface area contributed by atoms with Crippen molar-refractivity contribution in [3.05, 3.63) is 35.9 Å². The number of nitrogens with two attached hydrogens (primary N) is 1. The van der Waals surface area contributed by atoms with E-state index < -0.39 is 23.8 Å². The van der Waals surface area contributed by atoms with Crippen LogP contribution in [0.4, 0.5) is 4.79 Å². The second kappa shape index (κ2) is 7.26. The summed E-state index contributed by atoms with van der Waals surface area (Å²) in [4.78, 5) is 11.6. The highest BCUT2D eigenvalue weighted by molar-refractivity contribution is 5.67. The van der Waals surface area contributed by atoms with Crippen LogP contribution in [0.1, 0.15) is 26.3 Å². The van der Waals surface area contributed by atoms with Gasteiger partial charge in [0.05, 0.1) is 6.10 Å². The van der Waals surface area contributed by atoms with Gasteiger partial charge in [-0.15, -0.1) is 0 Å². The lowest BCUT2D eigenvalue weighted by Crippen LogP contribution is -2.45. The normalized spacial score (nSPS) is 15.2. The Morgan fingerprint density at radius 2 is 2.05 bits per heavy atom. The van der Waals surface area contributed by atoms with Crippen LogP contribution in [-0.2, 0) is 11.2 Å². The summed E-state index contributed by atoms with van der Waals surface area (Å²) in [5.74, 6) is 0. The van der Waals surface area contributed by atoms with Crippen LogP contribution in [0, 0.1) is 0 Å². The average molecular weight is 281 g/mol. The molecule has 0 heterocycles. The van der Waals surface area contributed by atoms with Gasteiger partial charge in [0, 0.05) is 12.6 Å². The van der Waals surface area contributed by atoms with Crippen LogP contribution in [-0.4, -0.2) is 35.5 Å². The van der Waals surface area contributed by atoms with E-state index in [1.165, 1.54) is 0 Å². The Morgan fingerprint density at radius 1 is 1.45 bits per heavy atom. The maximum Gasteiger partial charge on any atom is 0.407 e. The van der Waals surface area contributed by atoms with Gasteiger partial charge < -0.3 is 20.9 Å². The maximum atomic E-state index is 11.6. The SMILES string of the molecule is [2H]N(CC(O)[C@@H](N)Cc1ccccc1)C(=O)OC(C)(C)C. The Hall–Kier alpha value is -1.59. The van der Waals surface area contributed by atoms with Crippen molar-refractivity contribution >= 4 is 6.09 Å². The third-order valence-corrected chi connectivity index (χ3v) is 2.61. The molecule has 5 heteroatoms. The fourth-order valence-electron chi connectivity index (χ4n) is 1.62. The van der Waals surface area contributed by atoms with Gasteiger partial charge in [-0.1, -0.05) is 30.3 Å². The topological polar surface area (TPSA) is 84.6 Å². The van der Waals surface area contributed by atoms with Crippen LogP contribution in [0.3, 0.4) is 0 Å². The molecule has 1 aromatic carbocycles. The first kappa shape index (κ1) is 14.8. The summed E-state index contributed by atoms with van der Waals surface area (Å²) >= 11 is 0. The first-order chi connectivity index (χ1) is 9.69. The molecule has 0 spiro atoms. The predicted molar refractivity (Wildman–Crippen MR) is 78.4 cm³/mol. The highest BCUT2D eigenvalue weighted by Gasteiger charge is 2.19. The molecule has 0 aromatic heterocycles. The molecule has 20 heavy (non-hydrogen) atoms. The van der Waals surface area contributed by atoms with Gasteiger partial charge in [-0.2, -0.15) is 0 Å². The van der Waals surface area contributed by atoms with Crippen molar-refractivity contribution in [2.24, 2.45) is 5.73 Å². The molecule has 0 saturated carbocycles. The van der Waals surface area contributed by atoms with Crippen molar-refractivity contribution < 1.29 is 16.0 Å². The van der Waals surface area contributed by atoms with Crippen molar-refractivity contribution in [1.29, 1.82) is 0 Å². The quantitative estimate of drug-likeness (QED) is 0.762. The number of amides is 1. The van der Waals surface area contributed by atoms with Gasteiger partial charge in [-0.3, -0.25) is 0 Å². The number of aliphatic hydroxyl groups excluding tert-OH is 1. The minimum absolute atomic E-state index is 0.192. The lowest BCUT2D eigenvalue weighted by atomic mass is 10.0. The van der Waals surface area contributed by atoms with Crippen molar-refractivity contribution in [3.8, 4) is 0 Å². The number of aliphatic hydroxyl groups is 1. The van der Waals surface area contributed by atoms with E-state index >= 15 is 0 Å². The molecule has 0 bridgehead atoms. The molecule has 0 aliphatic carbocycles. The van der Waals surface area contributed by atoms with E-state index in [9.17, 15) is 9.90 Å². The van der Waals surface area contributed by atoms with Gasteiger partial charge in [-0.25, -0.2) is 4.79 Å².